The van der Waals surface area contributed by atoms with Gasteiger partial charge in [0.2, 0.25) is 0 Å². The maximum absolute atomic E-state index is 14.0. The number of likely N-dealkylation sites (tertiary alicyclic amines) is 1. The van der Waals surface area contributed by atoms with E-state index < -0.39 is 0 Å². The minimum atomic E-state index is -0.269. The number of nitrogens with zero attached hydrogens (tertiary/aromatic N) is 6. The highest BCUT2D eigenvalue weighted by molar-refractivity contribution is 6.22. The smallest absolute Gasteiger partial charge is 0.263 e. The molecule has 2 aromatic rings. The summed E-state index contributed by atoms with van der Waals surface area (Å²) in [7, 11) is 4.38. The number of carbonyl (C=O) groups is 1. The normalized spacial score (nSPS) is 25.4. The van der Waals surface area contributed by atoms with Crippen LogP contribution in [0.1, 0.15) is 93.8 Å². The second-order valence-electron chi connectivity index (χ2n) is 13.8. The fourth-order valence-electron chi connectivity index (χ4n) is 8.05. The molecule has 11 heteroatoms. The summed E-state index contributed by atoms with van der Waals surface area (Å²) in [6.07, 6.45) is 18.9. The molecule has 1 saturated carbocycles. The fourth-order valence-corrected chi connectivity index (χ4v) is 8.45. The lowest BCUT2D eigenvalue weighted by Crippen LogP contribution is -2.52. The van der Waals surface area contributed by atoms with E-state index in [4.69, 9.17) is 17.3 Å². The van der Waals surface area contributed by atoms with E-state index in [0.29, 0.717) is 35.7 Å². The number of anilines is 4. The van der Waals surface area contributed by atoms with Gasteiger partial charge in [0.05, 0.1) is 35.0 Å². The molecule has 44 heavy (non-hydrogen) atoms. The maximum Gasteiger partial charge on any atom is 0.263 e. The van der Waals surface area contributed by atoms with Gasteiger partial charge in [-0.3, -0.25) is 14.7 Å². The molecule has 0 bridgehead atoms. The van der Waals surface area contributed by atoms with Crippen LogP contribution in [0.4, 0.5) is 23.0 Å². The van der Waals surface area contributed by atoms with Gasteiger partial charge in [0.25, 0.3) is 5.91 Å². The number of aromatic nitrogens is 3. The summed E-state index contributed by atoms with van der Waals surface area (Å²) < 4.78 is 1.80. The van der Waals surface area contributed by atoms with Crippen LogP contribution < -0.4 is 21.3 Å². The molecule has 0 aromatic carbocycles. The summed E-state index contributed by atoms with van der Waals surface area (Å²) in [4.78, 5) is 25.8. The second-order valence-corrected chi connectivity index (χ2v) is 14.4. The fraction of sp³-hybridized carbons (Fsp3) is 0.727. The number of halogens is 1. The summed E-state index contributed by atoms with van der Waals surface area (Å²) in [6, 6.07) is 3.28. The van der Waals surface area contributed by atoms with Gasteiger partial charge in [-0.1, -0.05) is 51.4 Å². The van der Waals surface area contributed by atoms with Gasteiger partial charge in [0, 0.05) is 44.5 Å². The first-order chi connectivity index (χ1) is 21.3. The Bertz CT molecular complexity index is 1260. The van der Waals surface area contributed by atoms with Crippen LogP contribution in [-0.4, -0.2) is 93.7 Å². The molecule has 4 aliphatic rings. The topological polar surface area (TPSA) is 108 Å². The molecular weight excluding hydrogens is 574 g/mol. The van der Waals surface area contributed by atoms with Crippen molar-refractivity contribution in [3.8, 4) is 0 Å². The Morgan fingerprint density at radius 2 is 1.70 bits per heavy atom. The van der Waals surface area contributed by atoms with E-state index in [0.717, 1.165) is 63.8 Å². The van der Waals surface area contributed by atoms with Gasteiger partial charge < -0.3 is 26.2 Å². The van der Waals surface area contributed by atoms with Crippen molar-refractivity contribution in [3.63, 3.8) is 0 Å². The molecule has 2 unspecified atom stereocenters. The third-order valence-electron chi connectivity index (χ3n) is 10.8. The first kappa shape index (κ1) is 31.4. The van der Waals surface area contributed by atoms with Crippen molar-refractivity contribution in [2.45, 2.75) is 113 Å². The second kappa shape index (κ2) is 13.8. The van der Waals surface area contributed by atoms with Crippen molar-refractivity contribution in [2.75, 3.05) is 61.5 Å². The number of fused-ring (bicyclic) bond motifs is 1. The molecule has 1 spiro atoms. The summed E-state index contributed by atoms with van der Waals surface area (Å²) in [5, 5.41) is 11.4. The molecule has 3 aliphatic heterocycles. The van der Waals surface area contributed by atoms with E-state index in [9.17, 15) is 4.79 Å². The highest BCUT2D eigenvalue weighted by Gasteiger charge is 2.43. The number of pyridine rings is 1. The minimum Gasteiger partial charge on any atom is -0.381 e. The van der Waals surface area contributed by atoms with Gasteiger partial charge >= 0.3 is 0 Å². The van der Waals surface area contributed by atoms with E-state index >= 15 is 0 Å². The number of likely N-dealkylation sites (N-methyl/N-ethyl adjacent to an activating group) is 1. The summed E-state index contributed by atoms with van der Waals surface area (Å²) >= 11 is 7.11. The maximum atomic E-state index is 14.0. The molecule has 6 rings (SSSR count). The number of nitrogen functional groups attached to an aromatic ring is 1. The van der Waals surface area contributed by atoms with Gasteiger partial charge in [-0.25, -0.2) is 4.68 Å². The van der Waals surface area contributed by atoms with Crippen LogP contribution in [0, 0.1) is 0 Å². The lowest BCUT2D eigenvalue weighted by molar-refractivity contribution is 0.102. The standard InChI is InChI=1S/C33H52ClN9O/c1-40(2)25-14-20-42(22-25)24-12-18-41(19-13-24)27-11-17-36-21-26(27)37-32(44)29-30(35)39-43-23-28(34)33(38-31(29)43)15-9-7-5-3-4-6-8-10-16-33/h11,17,21,24-25,28,38H,3-10,12-16,18-20,22-23H2,1-2H3,(H2,35,39)(H,37,44). The first-order valence-corrected chi connectivity index (χ1v) is 17.5. The van der Waals surface area contributed by atoms with Gasteiger partial charge in [-0.2, -0.15) is 5.10 Å². The Morgan fingerprint density at radius 3 is 2.36 bits per heavy atom. The Morgan fingerprint density at radius 1 is 1.02 bits per heavy atom. The van der Waals surface area contributed by atoms with Crippen LogP contribution in [0.25, 0.3) is 0 Å². The van der Waals surface area contributed by atoms with Gasteiger partial charge in [0.15, 0.2) is 5.82 Å². The van der Waals surface area contributed by atoms with Crippen molar-refractivity contribution in [1.82, 2.24) is 24.6 Å². The Labute approximate surface area is 268 Å². The quantitative estimate of drug-likeness (QED) is 0.379. The van der Waals surface area contributed by atoms with Crippen LogP contribution >= 0.6 is 11.6 Å². The van der Waals surface area contributed by atoms with Crippen LogP contribution in [-0.2, 0) is 6.54 Å². The number of rotatable bonds is 5. The minimum absolute atomic E-state index is 0.117. The Kier molecular flexibility index (Phi) is 9.88. The van der Waals surface area contributed by atoms with Crippen LogP contribution in [0.5, 0.6) is 0 Å². The molecule has 5 heterocycles. The third kappa shape index (κ3) is 6.67. The highest BCUT2D eigenvalue weighted by Crippen LogP contribution is 2.41. The Balaban J connectivity index is 1.16. The van der Waals surface area contributed by atoms with Crippen molar-refractivity contribution in [3.05, 3.63) is 24.0 Å². The predicted octanol–water partition coefficient (Wildman–Crippen LogP) is 5.40. The lowest BCUT2D eigenvalue weighted by atomic mass is 9.82. The molecule has 0 radical (unpaired) electrons. The molecule has 4 N–H and O–H groups in total. The monoisotopic (exact) mass is 625 g/mol. The number of amides is 1. The number of hydrogen-bond donors (Lipinski definition) is 3. The van der Waals surface area contributed by atoms with E-state index in [2.05, 4.69) is 49.5 Å². The van der Waals surface area contributed by atoms with Crippen molar-refractivity contribution in [2.24, 2.45) is 0 Å². The molecule has 10 nitrogen and oxygen atoms in total. The molecule has 2 saturated heterocycles. The van der Waals surface area contributed by atoms with Crippen LogP contribution in [0.2, 0.25) is 0 Å². The molecule has 242 valence electrons. The van der Waals surface area contributed by atoms with Gasteiger partial charge in [-0.15, -0.1) is 11.6 Å². The van der Waals surface area contributed by atoms with Gasteiger partial charge in [0.1, 0.15) is 11.4 Å². The zero-order valence-electron chi connectivity index (χ0n) is 26.7. The van der Waals surface area contributed by atoms with Gasteiger partial charge in [-0.05, 0) is 52.3 Å². The molecule has 3 fully saturated rings. The molecular formula is C33H52ClN9O. The summed E-state index contributed by atoms with van der Waals surface area (Å²) in [5.41, 5.74) is 8.29. The van der Waals surface area contributed by atoms with Crippen molar-refractivity contribution >= 4 is 40.5 Å². The largest absolute Gasteiger partial charge is 0.381 e. The van der Waals surface area contributed by atoms with Crippen LogP contribution in [0.3, 0.4) is 0 Å². The zero-order chi connectivity index (χ0) is 30.7. The van der Waals surface area contributed by atoms with E-state index in [1.165, 1.54) is 51.5 Å². The summed E-state index contributed by atoms with van der Waals surface area (Å²) in [5.74, 6) is 0.669. The average Bonchev–Trinajstić information content (AvgIpc) is 3.62. The summed E-state index contributed by atoms with van der Waals surface area (Å²) in [6.45, 7) is 4.79. The number of carbonyl (C=O) groups excluding carboxylic acids is 1. The molecule has 1 amide bonds. The van der Waals surface area contributed by atoms with Crippen LogP contribution in [0.15, 0.2) is 18.5 Å². The first-order valence-electron chi connectivity index (χ1n) is 17.0. The molecule has 2 atom stereocenters. The highest BCUT2D eigenvalue weighted by atomic mass is 35.5. The molecule has 1 aliphatic carbocycles. The lowest BCUT2D eigenvalue weighted by Gasteiger charge is -2.43. The number of nitrogens with one attached hydrogen (secondary N) is 2. The number of piperidine rings is 1. The average molecular weight is 626 g/mol. The van der Waals surface area contributed by atoms with Crippen molar-refractivity contribution in [1.29, 1.82) is 0 Å². The SMILES string of the molecule is CN(C)C1CCN(C2CCN(c3ccncc3NC(=O)c3c(N)nn4c3NC3(CCCCCCCCCC3)C(Cl)C4)CC2)C1. The zero-order valence-corrected chi connectivity index (χ0v) is 27.5. The number of alkyl halides is 1. The van der Waals surface area contributed by atoms with Crippen molar-refractivity contribution < 1.29 is 4.79 Å². The Hall–Kier alpha value is -2.56. The number of hydrogen-bond acceptors (Lipinski definition) is 8. The molecule has 2 aromatic heterocycles. The van der Waals surface area contributed by atoms with E-state index in [-0.39, 0.29) is 22.6 Å². The van der Waals surface area contributed by atoms with E-state index in [1.54, 1.807) is 10.9 Å². The predicted molar refractivity (Wildman–Crippen MR) is 180 cm³/mol. The third-order valence-corrected chi connectivity index (χ3v) is 11.4. The van der Waals surface area contributed by atoms with E-state index in [1.807, 2.05) is 12.3 Å². The number of nitrogens with two attached hydrogens (primary N) is 1.